The predicted molar refractivity (Wildman–Crippen MR) is 95.9 cm³/mol. The SMILES string of the molecule is Nc1ccccc1-c1nc(C(=O)NC2CCCc3ccccc32)co1. The zero-order valence-corrected chi connectivity index (χ0v) is 13.7. The lowest BCUT2D eigenvalue weighted by Crippen LogP contribution is -2.31. The molecule has 1 atom stereocenters. The zero-order valence-electron chi connectivity index (χ0n) is 13.7. The highest BCUT2D eigenvalue weighted by Gasteiger charge is 2.23. The number of rotatable bonds is 3. The van der Waals surface area contributed by atoms with Gasteiger partial charge >= 0.3 is 0 Å². The van der Waals surface area contributed by atoms with Gasteiger partial charge in [0.05, 0.1) is 11.6 Å². The van der Waals surface area contributed by atoms with Gasteiger partial charge in [-0.2, -0.15) is 0 Å². The fraction of sp³-hybridized carbons (Fsp3) is 0.200. The van der Waals surface area contributed by atoms with Gasteiger partial charge in [0.2, 0.25) is 5.89 Å². The highest BCUT2D eigenvalue weighted by atomic mass is 16.3. The van der Waals surface area contributed by atoms with Crippen LogP contribution in [0.4, 0.5) is 5.69 Å². The Kier molecular flexibility index (Phi) is 3.98. The number of oxazole rings is 1. The van der Waals surface area contributed by atoms with Crippen molar-refractivity contribution in [2.45, 2.75) is 25.3 Å². The molecule has 0 spiro atoms. The number of amides is 1. The molecule has 5 nitrogen and oxygen atoms in total. The van der Waals surface area contributed by atoms with Gasteiger partial charge in [-0.1, -0.05) is 36.4 Å². The van der Waals surface area contributed by atoms with E-state index in [0.29, 0.717) is 17.1 Å². The molecule has 25 heavy (non-hydrogen) atoms. The van der Waals surface area contributed by atoms with Gasteiger partial charge in [-0.25, -0.2) is 4.98 Å². The topological polar surface area (TPSA) is 81.1 Å². The lowest BCUT2D eigenvalue weighted by atomic mass is 9.88. The number of nitrogens with one attached hydrogen (secondary N) is 1. The van der Waals surface area contributed by atoms with Crippen LogP contribution in [0.15, 0.2) is 59.2 Å². The van der Waals surface area contributed by atoms with Gasteiger partial charge in [-0.15, -0.1) is 0 Å². The van der Waals surface area contributed by atoms with Crippen molar-refractivity contribution in [3.63, 3.8) is 0 Å². The highest BCUT2D eigenvalue weighted by Crippen LogP contribution is 2.30. The Hall–Kier alpha value is -3.08. The third-order valence-electron chi connectivity index (χ3n) is 4.60. The van der Waals surface area contributed by atoms with Crippen LogP contribution in [0.3, 0.4) is 0 Å². The minimum Gasteiger partial charge on any atom is -0.444 e. The molecule has 0 saturated carbocycles. The Morgan fingerprint density at radius 1 is 1.16 bits per heavy atom. The molecular formula is C20H19N3O2. The smallest absolute Gasteiger partial charge is 0.273 e. The van der Waals surface area contributed by atoms with E-state index < -0.39 is 0 Å². The number of para-hydroxylation sites is 1. The number of anilines is 1. The third-order valence-corrected chi connectivity index (χ3v) is 4.60. The van der Waals surface area contributed by atoms with E-state index in [1.54, 1.807) is 6.07 Å². The van der Waals surface area contributed by atoms with Crippen molar-refractivity contribution in [2.75, 3.05) is 5.73 Å². The van der Waals surface area contributed by atoms with Gasteiger partial charge in [0, 0.05) is 5.69 Å². The van der Waals surface area contributed by atoms with Crippen molar-refractivity contribution in [3.05, 3.63) is 71.6 Å². The van der Waals surface area contributed by atoms with Crippen molar-refractivity contribution >= 4 is 11.6 Å². The van der Waals surface area contributed by atoms with Crippen molar-refractivity contribution < 1.29 is 9.21 Å². The number of aryl methyl sites for hydroxylation is 1. The van der Waals surface area contributed by atoms with Crippen molar-refractivity contribution in [1.29, 1.82) is 0 Å². The van der Waals surface area contributed by atoms with Gasteiger partial charge < -0.3 is 15.5 Å². The summed E-state index contributed by atoms with van der Waals surface area (Å²) in [6.45, 7) is 0. The van der Waals surface area contributed by atoms with Crippen LogP contribution in [0.25, 0.3) is 11.5 Å². The minimum absolute atomic E-state index is 0.0133. The molecule has 126 valence electrons. The quantitative estimate of drug-likeness (QED) is 0.716. The van der Waals surface area contributed by atoms with Crippen LogP contribution in [0, 0.1) is 0 Å². The standard InChI is InChI=1S/C20H19N3O2/c21-16-10-4-3-9-15(16)20-23-18(12-25-20)19(24)22-17-11-5-7-13-6-1-2-8-14(13)17/h1-4,6,8-10,12,17H,5,7,11,21H2,(H,22,24). The second-order valence-corrected chi connectivity index (χ2v) is 6.24. The number of nitrogens with zero attached hydrogens (tertiary/aromatic N) is 1. The van der Waals surface area contributed by atoms with Gasteiger partial charge in [0.25, 0.3) is 5.91 Å². The number of fused-ring (bicyclic) bond motifs is 1. The highest BCUT2D eigenvalue weighted by molar-refractivity contribution is 5.93. The first kappa shape index (κ1) is 15.4. The Morgan fingerprint density at radius 2 is 1.96 bits per heavy atom. The van der Waals surface area contributed by atoms with E-state index in [0.717, 1.165) is 19.3 Å². The molecule has 5 heteroatoms. The molecule has 0 radical (unpaired) electrons. The number of hydrogen-bond donors (Lipinski definition) is 2. The number of nitrogen functional groups attached to an aromatic ring is 1. The largest absolute Gasteiger partial charge is 0.444 e. The Bertz CT molecular complexity index is 917. The average Bonchev–Trinajstić information content (AvgIpc) is 3.12. The van der Waals surface area contributed by atoms with Crippen LogP contribution in [0.1, 0.15) is 40.5 Å². The van der Waals surface area contributed by atoms with Gasteiger partial charge in [0.1, 0.15) is 6.26 Å². The molecule has 1 unspecified atom stereocenters. The first-order valence-electron chi connectivity index (χ1n) is 8.41. The summed E-state index contributed by atoms with van der Waals surface area (Å²) in [5.41, 5.74) is 9.95. The molecule has 0 bridgehead atoms. The molecule has 4 rings (SSSR count). The first-order valence-corrected chi connectivity index (χ1v) is 8.41. The summed E-state index contributed by atoms with van der Waals surface area (Å²) < 4.78 is 5.46. The molecular weight excluding hydrogens is 314 g/mol. The lowest BCUT2D eigenvalue weighted by Gasteiger charge is -2.25. The molecule has 0 fully saturated rings. The number of benzene rings is 2. The lowest BCUT2D eigenvalue weighted by molar-refractivity contribution is 0.0927. The second-order valence-electron chi connectivity index (χ2n) is 6.24. The van der Waals surface area contributed by atoms with Crippen molar-refractivity contribution in [2.24, 2.45) is 0 Å². The summed E-state index contributed by atoms with van der Waals surface area (Å²) in [5.74, 6) is 0.124. The van der Waals surface area contributed by atoms with E-state index in [2.05, 4.69) is 22.4 Å². The Labute approximate surface area is 145 Å². The van der Waals surface area contributed by atoms with Crippen LogP contribution in [0.2, 0.25) is 0 Å². The summed E-state index contributed by atoms with van der Waals surface area (Å²) in [6, 6.07) is 15.6. The van der Waals surface area contributed by atoms with Crippen LogP contribution in [0.5, 0.6) is 0 Å². The van der Waals surface area contributed by atoms with E-state index in [4.69, 9.17) is 10.2 Å². The van der Waals surface area contributed by atoms with Crippen LogP contribution in [-0.2, 0) is 6.42 Å². The van der Waals surface area contributed by atoms with Crippen molar-refractivity contribution in [1.82, 2.24) is 10.3 Å². The Morgan fingerprint density at radius 3 is 2.84 bits per heavy atom. The summed E-state index contributed by atoms with van der Waals surface area (Å²) in [6.07, 6.45) is 4.43. The molecule has 1 aliphatic carbocycles. The summed E-state index contributed by atoms with van der Waals surface area (Å²) in [7, 11) is 0. The summed E-state index contributed by atoms with van der Waals surface area (Å²) >= 11 is 0. The fourth-order valence-corrected chi connectivity index (χ4v) is 3.33. The van der Waals surface area contributed by atoms with E-state index in [-0.39, 0.29) is 17.6 Å². The number of aromatic nitrogens is 1. The van der Waals surface area contributed by atoms with Crippen LogP contribution >= 0.6 is 0 Å². The molecule has 0 saturated heterocycles. The molecule has 1 amide bonds. The van der Waals surface area contributed by atoms with Gasteiger partial charge in [0.15, 0.2) is 5.69 Å². The number of carbonyl (C=O) groups excluding carboxylic acids is 1. The zero-order chi connectivity index (χ0) is 17.2. The number of hydrogen-bond acceptors (Lipinski definition) is 4. The van der Waals surface area contributed by atoms with E-state index in [1.807, 2.05) is 30.3 Å². The second kappa shape index (κ2) is 6.43. The van der Waals surface area contributed by atoms with E-state index in [9.17, 15) is 4.79 Å². The summed E-state index contributed by atoms with van der Waals surface area (Å²) in [5, 5.41) is 3.08. The molecule has 0 aliphatic heterocycles. The molecule has 2 aromatic carbocycles. The maximum absolute atomic E-state index is 12.6. The molecule has 1 aliphatic rings. The van der Waals surface area contributed by atoms with E-state index in [1.165, 1.54) is 17.4 Å². The molecule has 1 heterocycles. The molecule has 3 N–H and O–H groups in total. The fourth-order valence-electron chi connectivity index (χ4n) is 3.33. The maximum Gasteiger partial charge on any atom is 0.273 e. The third kappa shape index (κ3) is 3.01. The predicted octanol–water partition coefficient (Wildman–Crippen LogP) is 3.73. The normalized spacial score (nSPS) is 16.2. The summed E-state index contributed by atoms with van der Waals surface area (Å²) in [4.78, 5) is 16.9. The first-order chi connectivity index (χ1) is 12.2. The Balaban J connectivity index is 1.54. The van der Waals surface area contributed by atoms with Crippen molar-refractivity contribution in [3.8, 4) is 11.5 Å². The molecule has 1 aromatic heterocycles. The number of carbonyl (C=O) groups is 1. The average molecular weight is 333 g/mol. The van der Waals surface area contributed by atoms with E-state index >= 15 is 0 Å². The number of nitrogens with two attached hydrogens (primary N) is 1. The van der Waals surface area contributed by atoms with Crippen LogP contribution < -0.4 is 11.1 Å². The minimum atomic E-state index is -0.230. The van der Waals surface area contributed by atoms with Gasteiger partial charge in [-0.05, 0) is 42.5 Å². The molecule has 3 aromatic rings. The van der Waals surface area contributed by atoms with Crippen LogP contribution in [-0.4, -0.2) is 10.9 Å². The maximum atomic E-state index is 12.6. The monoisotopic (exact) mass is 333 g/mol. The van der Waals surface area contributed by atoms with Gasteiger partial charge in [-0.3, -0.25) is 4.79 Å².